The third kappa shape index (κ3) is 2.81. The van der Waals surface area contributed by atoms with Crippen molar-refractivity contribution in [2.75, 3.05) is 32.0 Å². The molecule has 2 unspecified atom stereocenters. The van der Waals surface area contributed by atoms with E-state index in [1.807, 2.05) is 11.0 Å². The minimum absolute atomic E-state index is 0.269. The number of quaternary nitrogens is 1. The molecule has 5 heterocycles. The second kappa shape index (κ2) is 5.79. The van der Waals surface area contributed by atoms with Gasteiger partial charge in [-0.2, -0.15) is 5.10 Å². The number of carbonyl (C=O) groups is 1. The van der Waals surface area contributed by atoms with Gasteiger partial charge in [-0.1, -0.05) is 6.07 Å². The topological polar surface area (TPSA) is 73.9 Å². The number of fused-ring (bicyclic) bond motifs is 5. The Bertz CT molecular complexity index is 908. The number of pyridine rings is 1. The molecular weight excluding hydrogens is 340 g/mol. The van der Waals surface area contributed by atoms with Crippen LogP contribution in [0.25, 0.3) is 0 Å². The molecule has 2 aromatic rings. The molecule has 1 amide bonds. The van der Waals surface area contributed by atoms with Crippen molar-refractivity contribution < 1.29 is 9.28 Å². The molecule has 0 aliphatic carbocycles. The van der Waals surface area contributed by atoms with Gasteiger partial charge in [-0.05, 0) is 25.5 Å². The number of hydrogen-bond donors (Lipinski definition) is 2. The number of rotatable bonds is 0. The van der Waals surface area contributed by atoms with Crippen molar-refractivity contribution in [3.8, 4) is 0 Å². The lowest BCUT2D eigenvalue weighted by molar-refractivity contribution is -0.900. The van der Waals surface area contributed by atoms with Crippen molar-refractivity contribution >= 4 is 17.5 Å². The molecule has 27 heavy (non-hydrogen) atoms. The van der Waals surface area contributed by atoms with E-state index in [1.165, 1.54) is 0 Å². The Morgan fingerprint density at radius 1 is 1.26 bits per heavy atom. The van der Waals surface area contributed by atoms with Crippen LogP contribution in [0.1, 0.15) is 36.7 Å². The highest BCUT2D eigenvalue weighted by Crippen LogP contribution is 2.39. The van der Waals surface area contributed by atoms with Gasteiger partial charge >= 0.3 is 0 Å². The summed E-state index contributed by atoms with van der Waals surface area (Å²) in [5.41, 5.74) is 2.96. The molecule has 7 heteroatoms. The molecule has 3 aliphatic heterocycles. The number of hydrogen-bond acceptors (Lipinski definition) is 4. The predicted octanol–water partition coefficient (Wildman–Crippen LogP) is 2.19. The van der Waals surface area contributed by atoms with Crippen molar-refractivity contribution in [1.29, 1.82) is 0 Å². The molecule has 0 radical (unpaired) electrons. The first-order valence-corrected chi connectivity index (χ1v) is 9.86. The summed E-state index contributed by atoms with van der Waals surface area (Å²) in [5.74, 6) is 1.89. The number of nitrogens with zero attached hydrogens (tertiary/aromatic N) is 4. The largest absolute Gasteiger partial charge is 0.332 e. The summed E-state index contributed by atoms with van der Waals surface area (Å²) in [4.78, 5) is 20.1. The summed E-state index contributed by atoms with van der Waals surface area (Å²) in [5, 5.41) is 10.9. The molecule has 1 fully saturated rings. The lowest BCUT2D eigenvalue weighted by Crippen LogP contribution is -2.48. The molecule has 142 valence electrons. The van der Waals surface area contributed by atoms with E-state index >= 15 is 0 Å². The van der Waals surface area contributed by atoms with Crippen LogP contribution in [0.3, 0.4) is 0 Å². The fourth-order valence-electron chi connectivity index (χ4n) is 5.10. The number of H-pyrrole nitrogens is 1. The normalized spacial score (nSPS) is 30.0. The van der Waals surface area contributed by atoms with Crippen molar-refractivity contribution in [2.45, 2.75) is 39.3 Å². The van der Waals surface area contributed by atoms with Crippen LogP contribution in [0.5, 0.6) is 0 Å². The molecule has 2 N–H and O–H groups in total. The zero-order chi connectivity index (χ0) is 18.6. The van der Waals surface area contributed by atoms with Gasteiger partial charge < -0.3 is 14.7 Å². The van der Waals surface area contributed by atoms with Crippen molar-refractivity contribution in [1.82, 2.24) is 20.1 Å². The maximum absolute atomic E-state index is 13.4. The zero-order valence-corrected chi connectivity index (χ0v) is 16.1. The first-order valence-electron chi connectivity index (χ1n) is 9.86. The van der Waals surface area contributed by atoms with Gasteiger partial charge in [0.15, 0.2) is 5.82 Å². The van der Waals surface area contributed by atoms with Crippen LogP contribution in [-0.4, -0.2) is 57.2 Å². The van der Waals surface area contributed by atoms with Gasteiger partial charge in [0.05, 0.1) is 45.5 Å². The van der Waals surface area contributed by atoms with Crippen molar-refractivity contribution in [3.05, 3.63) is 35.2 Å². The van der Waals surface area contributed by atoms with Crippen molar-refractivity contribution in [3.63, 3.8) is 0 Å². The minimum Gasteiger partial charge on any atom is -0.332 e. The van der Waals surface area contributed by atoms with Crippen LogP contribution in [0.2, 0.25) is 0 Å². The predicted molar refractivity (Wildman–Crippen MR) is 102 cm³/mol. The molecule has 1 saturated heterocycles. The summed E-state index contributed by atoms with van der Waals surface area (Å²) in [7, 11) is 2.30. The van der Waals surface area contributed by atoms with Crippen LogP contribution >= 0.6 is 0 Å². The smallest absolute Gasteiger partial charge is 0.235 e. The highest BCUT2D eigenvalue weighted by molar-refractivity contribution is 5.83. The lowest BCUT2D eigenvalue weighted by atomic mass is 9.88. The van der Waals surface area contributed by atoms with E-state index in [9.17, 15) is 4.79 Å². The Labute approximate surface area is 159 Å². The summed E-state index contributed by atoms with van der Waals surface area (Å²) in [6.45, 7) is 6.48. The van der Waals surface area contributed by atoms with E-state index < -0.39 is 0 Å². The van der Waals surface area contributed by atoms with Gasteiger partial charge in [-0.3, -0.25) is 9.89 Å². The molecule has 0 aromatic carbocycles. The van der Waals surface area contributed by atoms with E-state index in [0.29, 0.717) is 13.1 Å². The molecule has 0 saturated carbocycles. The molecule has 7 nitrogen and oxygen atoms in total. The highest BCUT2D eigenvalue weighted by atomic mass is 16.2. The highest BCUT2D eigenvalue weighted by Gasteiger charge is 2.50. The summed E-state index contributed by atoms with van der Waals surface area (Å²) >= 11 is 0. The Morgan fingerprint density at radius 2 is 2.15 bits per heavy atom. The van der Waals surface area contributed by atoms with Crippen LogP contribution in [0, 0.1) is 5.41 Å². The average Bonchev–Trinajstić information content (AvgIpc) is 3.29. The second-order valence-corrected chi connectivity index (χ2v) is 8.97. The Balaban J connectivity index is 1.52. The zero-order valence-electron chi connectivity index (χ0n) is 16.1. The fraction of sp³-hybridized carbons (Fsp3) is 0.550. The first kappa shape index (κ1) is 16.7. The second-order valence-electron chi connectivity index (χ2n) is 8.97. The van der Waals surface area contributed by atoms with Crippen LogP contribution in [0.15, 0.2) is 18.2 Å². The van der Waals surface area contributed by atoms with E-state index in [0.717, 1.165) is 72.0 Å². The lowest BCUT2D eigenvalue weighted by Gasteiger charge is -2.33. The number of aryl methyl sites for hydroxylation is 1. The van der Waals surface area contributed by atoms with E-state index in [2.05, 4.69) is 41.6 Å². The monoisotopic (exact) mass is 367 g/mol. The molecule has 6 bridgehead atoms. The standard InChI is InChI=1S/C20H27N6O/c1-20-8-10-26(2,13-20)9-4-6-14-5-3-7-17(21-14)22-18-15-11-25(19(20)27)12-16(15)23-24-18/h3,5,7H,4,6,8-13H2,1-2H3,(H2,21,22,23,24)/q+1. The molecule has 2 atom stereocenters. The Kier molecular flexibility index (Phi) is 3.59. The van der Waals surface area contributed by atoms with Gasteiger partial charge in [0.1, 0.15) is 11.2 Å². The number of nitrogens with one attached hydrogen (secondary N) is 2. The maximum Gasteiger partial charge on any atom is 0.235 e. The number of aromatic nitrogens is 3. The fourth-order valence-corrected chi connectivity index (χ4v) is 5.10. The average molecular weight is 367 g/mol. The first-order chi connectivity index (χ1) is 12.9. The van der Waals surface area contributed by atoms with Crippen LogP contribution in [-0.2, 0) is 24.3 Å². The third-order valence-electron chi connectivity index (χ3n) is 6.57. The number of amides is 1. The van der Waals surface area contributed by atoms with Crippen LogP contribution < -0.4 is 5.32 Å². The van der Waals surface area contributed by atoms with Crippen LogP contribution in [0.4, 0.5) is 11.6 Å². The number of carbonyl (C=O) groups excluding carboxylic acids is 1. The molecule has 3 aliphatic rings. The molecular formula is C20H27N6O+. The minimum atomic E-state index is -0.269. The van der Waals surface area contributed by atoms with Gasteiger partial charge in [0.25, 0.3) is 0 Å². The Morgan fingerprint density at radius 3 is 3.04 bits per heavy atom. The third-order valence-corrected chi connectivity index (χ3v) is 6.57. The number of aromatic amines is 1. The van der Waals surface area contributed by atoms with Gasteiger partial charge in [-0.15, -0.1) is 0 Å². The van der Waals surface area contributed by atoms with Crippen molar-refractivity contribution in [2.24, 2.45) is 5.41 Å². The van der Waals surface area contributed by atoms with Gasteiger partial charge in [0, 0.05) is 24.1 Å². The molecule has 2 aromatic heterocycles. The van der Waals surface area contributed by atoms with E-state index in [1.54, 1.807) is 0 Å². The quantitative estimate of drug-likeness (QED) is 0.700. The molecule has 5 rings (SSSR count). The maximum atomic E-state index is 13.4. The summed E-state index contributed by atoms with van der Waals surface area (Å²) in [6, 6.07) is 6.12. The van der Waals surface area contributed by atoms with Gasteiger partial charge in [-0.25, -0.2) is 4.98 Å². The van der Waals surface area contributed by atoms with E-state index in [4.69, 9.17) is 4.98 Å². The Hall–Kier alpha value is -2.41. The summed E-state index contributed by atoms with van der Waals surface area (Å²) < 4.78 is 0.978. The molecule has 0 spiro atoms. The number of anilines is 2. The van der Waals surface area contributed by atoms with Gasteiger partial charge in [0.2, 0.25) is 5.91 Å². The van der Waals surface area contributed by atoms with E-state index in [-0.39, 0.29) is 11.3 Å². The SMILES string of the molecule is CC12CC[N+](C)(CCCc3cccc(n3)Nc3n[nH]c4c3CN(C4)C1=O)C2. The summed E-state index contributed by atoms with van der Waals surface area (Å²) in [6.07, 6.45) is 3.00.